The highest BCUT2D eigenvalue weighted by Crippen LogP contribution is 2.40. The topological polar surface area (TPSA) is 78.1 Å². The summed E-state index contributed by atoms with van der Waals surface area (Å²) in [6.45, 7) is 0. The molecule has 6 aromatic carbocycles. The first-order chi connectivity index (χ1) is 17.3. The second-order valence-electron chi connectivity index (χ2n) is 8.88. The van der Waals surface area contributed by atoms with Gasteiger partial charge in [-0.1, -0.05) is 42.5 Å². The van der Waals surface area contributed by atoms with Gasteiger partial charge in [-0.05, 0) is 148 Å². The molecule has 0 aliphatic carbocycles. The zero-order valence-electron chi connectivity index (χ0n) is 18.9. The van der Waals surface area contributed by atoms with Gasteiger partial charge in [0.25, 0.3) is 0 Å². The van der Waals surface area contributed by atoms with Crippen LogP contribution in [0.4, 0.5) is 17.1 Å². The smallest absolute Gasteiger partial charge is 0.0473 e. The molecule has 0 aliphatic heterocycles. The summed E-state index contributed by atoms with van der Waals surface area (Å²) in [7, 11) is 0. The first-order valence-corrected chi connectivity index (χ1v) is 14.5. The van der Waals surface area contributed by atoms with Crippen LogP contribution in [0.1, 0.15) is 0 Å². The van der Waals surface area contributed by atoms with E-state index in [1.165, 1.54) is 32.6 Å². The van der Waals surface area contributed by atoms with E-state index in [1.54, 1.807) is 0 Å². The van der Waals surface area contributed by atoms with Crippen molar-refractivity contribution in [2.75, 3.05) is 17.2 Å². The highest BCUT2D eigenvalue weighted by molar-refractivity contribution is 14.1. The van der Waals surface area contributed by atoms with E-state index >= 15 is 0 Å². The number of benzene rings is 6. The third-order valence-electron chi connectivity index (χ3n) is 6.72. The van der Waals surface area contributed by atoms with Gasteiger partial charge in [-0.3, -0.25) is 0 Å². The Morgan fingerprint density at radius 1 is 0.472 bits per heavy atom. The summed E-state index contributed by atoms with van der Waals surface area (Å²) in [6, 6.07) is 29.6. The van der Waals surface area contributed by atoms with Crippen LogP contribution in [0.5, 0.6) is 0 Å². The number of nitrogen functional groups attached to an aromatic ring is 3. The molecule has 36 heavy (non-hydrogen) atoms. The molecular weight excluding hydrogens is 783 g/mol. The lowest BCUT2D eigenvalue weighted by Crippen LogP contribution is -1.95. The van der Waals surface area contributed by atoms with E-state index in [2.05, 4.69) is 135 Å². The highest BCUT2D eigenvalue weighted by atomic mass is 127. The number of nitrogens with two attached hydrogens (primary N) is 3. The molecule has 176 valence electrons. The van der Waals surface area contributed by atoms with Crippen molar-refractivity contribution in [1.29, 1.82) is 0 Å². The van der Waals surface area contributed by atoms with E-state index in [9.17, 15) is 0 Å². The Bertz CT molecular complexity index is 1860. The molecule has 0 aliphatic rings. The fourth-order valence-electron chi connectivity index (χ4n) is 4.87. The molecule has 0 unspecified atom stereocenters. The molecule has 6 rings (SSSR count). The van der Waals surface area contributed by atoms with Gasteiger partial charge in [-0.15, -0.1) is 0 Å². The van der Waals surface area contributed by atoms with Crippen molar-refractivity contribution >= 4 is 117 Å². The molecular formula is C30H20I3N3. The molecule has 6 aromatic rings. The van der Waals surface area contributed by atoms with Crippen LogP contribution in [0.25, 0.3) is 54.6 Å². The largest absolute Gasteiger partial charge is 0.399 e. The standard InChI is InChI=1S/C30H20I3N3/c31-26-9-10-28(35)22-3-1-15(13-25(22)26)20-5-8-24-23(29(20)33)7-6-21(30(24)36)17-11-16-12-18(34)2-4-19(16)27(32)14-17/h1-14H,34-36H2. The van der Waals surface area contributed by atoms with Gasteiger partial charge < -0.3 is 17.2 Å². The predicted molar refractivity (Wildman–Crippen MR) is 181 cm³/mol. The van der Waals surface area contributed by atoms with E-state index in [0.717, 1.165) is 49.7 Å². The zero-order valence-corrected chi connectivity index (χ0v) is 25.4. The first-order valence-electron chi connectivity index (χ1n) is 11.3. The fraction of sp³-hybridized carbons (Fsp3) is 0. The second-order valence-corrected chi connectivity index (χ2v) is 12.3. The normalized spacial score (nSPS) is 11.5. The SMILES string of the molecule is Nc1ccc2c(I)cc(-c3ccc4c(I)c(-c5ccc6c(N)ccc(I)c6c5)ccc4c3N)cc2c1. The van der Waals surface area contributed by atoms with Crippen molar-refractivity contribution in [3.05, 3.63) is 95.6 Å². The minimum Gasteiger partial charge on any atom is -0.399 e. The average Bonchev–Trinajstić information content (AvgIpc) is 2.86. The molecule has 6 N–H and O–H groups in total. The summed E-state index contributed by atoms with van der Waals surface area (Å²) in [5.41, 5.74) is 25.9. The zero-order chi connectivity index (χ0) is 25.1. The van der Waals surface area contributed by atoms with Gasteiger partial charge in [-0.2, -0.15) is 0 Å². The van der Waals surface area contributed by atoms with E-state index in [0.29, 0.717) is 0 Å². The van der Waals surface area contributed by atoms with Crippen LogP contribution in [-0.2, 0) is 0 Å². The quantitative estimate of drug-likeness (QED) is 0.121. The van der Waals surface area contributed by atoms with Gasteiger partial charge in [0, 0.05) is 44.1 Å². The molecule has 0 fully saturated rings. The number of anilines is 3. The number of hydrogen-bond donors (Lipinski definition) is 3. The Kier molecular flexibility index (Phi) is 6.16. The fourth-order valence-corrected chi connectivity index (χ4v) is 7.28. The summed E-state index contributed by atoms with van der Waals surface area (Å²) < 4.78 is 3.55. The van der Waals surface area contributed by atoms with Crippen LogP contribution in [-0.4, -0.2) is 0 Å². The van der Waals surface area contributed by atoms with Crippen molar-refractivity contribution in [3.63, 3.8) is 0 Å². The Balaban J connectivity index is 1.50. The summed E-state index contributed by atoms with van der Waals surface area (Å²) in [4.78, 5) is 0. The van der Waals surface area contributed by atoms with E-state index in [1.807, 2.05) is 18.2 Å². The molecule has 0 spiro atoms. The Morgan fingerprint density at radius 3 is 2.03 bits per heavy atom. The minimum atomic E-state index is 0.759. The monoisotopic (exact) mass is 803 g/mol. The lowest BCUT2D eigenvalue weighted by atomic mass is 9.94. The van der Waals surface area contributed by atoms with Crippen molar-refractivity contribution in [2.45, 2.75) is 0 Å². The van der Waals surface area contributed by atoms with E-state index in [-0.39, 0.29) is 0 Å². The van der Waals surface area contributed by atoms with Crippen LogP contribution in [0, 0.1) is 10.7 Å². The van der Waals surface area contributed by atoms with Gasteiger partial charge in [0.05, 0.1) is 0 Å². The van der Waals surface area contributed by atoms with E-state index in [4.69, 9.17) is 17.2 Å². The number of hydrogen-bond acceptors (Lipinski definition) is 3. The van der Waals surface area contributed by atoms with Gasteiger partial charge >= 0.3 is 0 Å². The first kappa shape index (κ1) is 24.1. The van der Waals surface area contributed by atoms with Crippen LogP contribution >= 0.6 is 67.8 Å². The van der Waals surface area contributed by atoms with Crippen LogP contribution in [0.2, 0.25) is 0 Å². The average molecular weight is 803 g/mol. The van der Waals surface area contributed by atoms with Crippen molar-refractivity contribution in [3.8, 4) is 22.3 Å². The molecule has 0 bridgehead atoms. The van der Waals surface area contributed by atoms with E-state index < -0.39 is 0 Å². The highest BCUT2D eigenvalue weighted by Gasteiger charge is 2.15. The molecule has 0 atom stereocenters. The van der Waals surface area contributed by atoms with Gasteiger partial charge in [0.1, 0.15) is 0 Å². The van der Waals surface area contributed by atoms with Crippen molar-refractivity contribution in [1.82, 2.24) is 0 Å². The molecule has 0 saturated heterocycles. The molecule has 0 radical (unpaired) electrons. The maximum atomic E-state index is 6.80. The second kappa shape index (κ2) is 9.21. The van der Waals surface area contributed by atoms with Crippen LogP contribution < -0.4 is 17.2 Å². The van der Waals surface area contributed by atoms with Gasteiger partial charge in [0.15, 0.2) is 0 Å². The summed E-state index contributed by atoms with van der Waals surface area (Å²) in [5, 5.41) is 6.78. The summed E-state index contributed by atoms with van der Waals surface area (Å²) in [5.74, 6) is 0. The summed E-state index contributed by atoms with van der Waals surface area (Å²) in [6.07, 6.45) is 0. The van der Waals surface area contributed by atoms with Crippen molar-refractivity contribution in [2.24, 2.45) is 0 Å². The van der Waals surface area contributed by atoms with Crippen LogP contribution in [0.3, 0.4) is 0 Å². The predicted octanol–water partition coefficient (Wildman–Crippen LogP) is 9.04. The molecule has 3 nitrogen and oxygen atoms in total. The van der Waals surface area contributed by atoms with Crippen LogP contribution in [0.15, 0.2) is 84.9 Å². The number of rotatable bonds is 2. The third-order valence-corrected chi connectivity index (χ3v) is 9.72. The minimum absolute atomic E-state index is 0.759. The van der Waals surface area contributed by atoms with Gasteiger partial charge in [-0.25, -0.2) is 0 Å². The molecule has 6 heteroatoms. The molecule has 0 aromatic heterocycles. The number of halogens is 3. The van der Waals surface area contributed by atoms with Crippen molar-refractivity contribution < 1.29 is 0 Å². The molecule has 0 amide bonds. The third kappa shape index (κ3) is 3.97. The molecule has 0 saturated carbocycles. The number of fused-ring (bicyclic) bond motifs is 3. The molecule has 0 heterocycles. The maximum Gasteiger partial charge on any atom is 0.0473 e. The lowest BCUT2D eigenvalue weighted by molar-refractivity contribution is 1.61. The Hall–Kier alpha value is -2.31. The maximum absolute atomic E-state index is 6.80. The van der Waals surface area contributed by atoms with Gasteiger partial charge in [0.2, 0.25) is 0 Å². The summed E-state index contributed by atoms with van der Waals surface area (Å²) >= 11 is 7.21. The lowest BCUT2D eigenvalue weighted by Gasteiger charge is -2.15. The Morgan fingerprint density at radius 2 is 1.19 bits per heavy atom. The Labute approximate surface area is 249 Å².